The van der Waals surface area contributed by atoms with Crippen LogP contribution in [0.4, 0.5) is 0 Å². The second-order valence-corrected chi connectivity index (χ2v) is 7.55. The fourth-order valence-electron chi connectivity index (χ4n) is 1.95. The summed E-state index contributed by atoms with van der Waals surface area (Å²) in [5.74, 6) is 0.865. The van der Waals surface area contributed by atoms with Gasteiger partial charge < -0.3 is 10.6 Å². The van der Waals surface area contributed by atoms with Crippen LogP contribution in [-0.4, -0.2) is 24.5 Å². The maximum atomic E-state index is 4.44. The molecule has 0 saturated carbocycles. The second-order valence-electron chi connectivity index (χ2n) is 6.26. The van der Waals surface area contributed by atoms with Gasteiger partial charge in [0.1, 0.15) is 0 Å². The minimum Gasteiger partial charge on any atom is -0.356 e. The summed E-state index contributed by atoms with van der Waals surface area (Å²) in [6, 6.07) is 0. The molecule has 6 heteroatoms. The summed E-state index contributed by atoms with van der Waals surface area (Å²) in [5.41, 5.74) is 1.51. The van der Waals surface area contributed by atoms with E-state index in [1.807, 2.05) is 14.0 Å². The monoisotopic (exact) mass is 424 g/mol. The van der Waals surface area contributed by atoms with E-state index < -0.39 is 0 Å². The van der Waals surface area contributed by atoms with Gasteiger partial charge in [0, 0.05) is 18.5 Å². The molecular weight excluding hydrogens is 395 g/mol. The van der Waals surface area contributed by atoms with Crippen LogP contribution in [0.3, 0.4) is 0 Å². The average molecular weight is 424 g/mol. The van der Waals surface area contributed by atoms with E-state index in [1.54, 1.807) is 11.3 Å². The Balaban J connectivity index is 0.00000400. The molecule has 1 heterocycles. The van der Waals surface area contributed by atoms with Gasteiger partial charge >= 0.3 is 0 Å². The maximum Gasteiger partial charge on any atom is 0.191 e. The number of aromatic nitrogens is 1. The standard InChI is InChI=1S/C15H28N4S.HI/c1-11-13(20-12(2)19-11)10-18-14(16-6)17-9-7-8-15(3,4)5;/h7-10H2,1-6H3,(H2,16,17,18);1H. The SMILES string of the molecule is CN=C(NCCCC(C)(C)C)NCc1sc(C)nc1C.I. The van der Waals surface area contributed by atoms with E-state index in [4.69, 9.17) is 0 Å². The molecule has 0 aromatic carbocycles. The van der Waals surface area contributed by atoms with Crippen LogP contribution >= 0.6 is 35.3 Å². The van der Waals surface area contributed by atoms with Crippen LogP contribution in [0.25, 0.3) is 0 Å². The molecule has 1 aromatic rings. The smallest absolute Gasteiger partial charge is 0.191 e. The van der Waals surface area contributed by atoms with E-state index in [-0.39, 0.29) is 24.0 Å². The quantitative estimate of drug-likeness (QED) is 0.327. The molecule has 0 atom stereocenters. The number of halogens is 1. The molecule has 0 aliphatic carbocycles. The summed E-state index contributed by atoms with van der Waals surface area (Å²) < 4.78 is 0. The van der Waals surface area contributed by atoms with Gasteiger partial charge in [-0.2, -0.15) is 0 Å². The van der Waals surface area contributed by atoms with Gasteiger partial charge in [-0.3, -0.25) is 4.99 Å². The number of hydrogen-bond acceptors (Lipinski definition) is 3. The molecule has 0 radical (unpaired) electrons. The molecule has 0 aliphatic rings. The van der Waals surface area contributed by atoms with Crippen LogP contribution in [0.2, 0.25) is 0 Å². The Hall–Kier alpha value is -0.370. The molecule has 1 aromatic heterocycles. The van der Waals surface area contributed by atoms with Crippen LogP contribution in [0.5, 0.6) is 0 Å². The van der Waals surface area contributed by atoms with Crippen LogP contribution in [0, 0.1) is 19.3 Å². The van der Waals surface area contributed by atoms with Gasteiger partial charge in [0.15, 0.2) is 5.96 Å². The molecule has 0 amide bonds. The molecule has 0 spiro atoms. The fraction of sp³-hybridized carbons (Fsp3) is 0.733. The van der Waals surface area contributed by atoms with E-state index in [9.17, 15) is 0 Å². The summed E-state index contributed by atoms with van der Waals surface area (Å²) in [4.78, 5) is 9.97. The highest BCUT2D eigenvalue weighted by Crippen LogP contribution is 2.19. The van der Waals surface area contributed by atoms with Crippen LogP contribution in [0.1, 0.15) is 49.2 Å². The number of nitrogens with zero attached hydrogens (tertiary/aromatic N) is 2. The van der Waals surface area contributed by atoms with Crippen molar-refractivity contribution < 1.29 is 0 Å². The lowest BCUT2D eigenvalue weighted by Gasteiger charge is -2.18. The van der Waals surface area contributed by atoms with Crippen molar-refractivity contribution in [1.29, 1.82) is 0 Å². The van der Waals surface area contributed by atoms with Crippen molar-refractivity contribution in [1.82, 2.24) is 15.6 Å². The largest absolute Gasteiger partial charge is 0.356 e. The van der Waals surface area contributed by atoms with Crippen LogP contribution in [0.15, 0.2) is 4.99 Å². The lowest BCUT2D eigenvalue weighted by molar-refractivity contribution is 0.365. The first-order valence-electron chi connectivity index (χ1n) is 7.19. The Kier molecular flexibility index (Phi) is 9.44. The Morgan fingerprint density at radius 2 is 1.90 bits per heavy atom. The van der Waals surface area contributed by atoms with Crippen LogP contribution < -0.4 is 10.6 Å². The number of aliphatic imine (C=N–C) groups is 1. The third-order valence-corrected chi connectivity index (χ3v) is 4.11. The van der Waals surface area contributed by atoms with Crippen LogP contribution in [-0.2, 0) is 6.54 Å². The topological polar surface area (TPSA) is 49.3 Å². The molecule has 0 unspecified atom stereocenters. The number of aryl methyl sites for hydroxylation is 2. The highest BCUT2D eigenvalue weighted by Gasteiger charge is 2.09. The average Bonchev–Trinajstić information content (AvgIpc) is 2.66. The van der Waals surface area contributed by atoms with Gasteiger partial charge in [-0.25, -0.2) is 4.98 Å². The molecule has 1 rings (SSSR count). The van der Waals surface area contributed by atoms with Gasteiger partial charge in [0.25, 0.3) is 0 Å². The van der Waals surface area contributed by atoms with Gasteiger partial charge in [-0.05, 0) is 32.1 Å². The van der Waals surface area contributed by atoms with E-state index in [0.29, 0.717) is 5.41 Å². The number of nitrogens with one attached hydrogen (secondary N) is 2. The number of guanidine groups is 1. The highest BCUT2D eigenvalue weighted by atomic mass is 127. The van der Waals surface area contributed by atoms with E-state index >= 15 is 0 Å². The minimum atomic E-state index is 0. The van der Waals surface area contributed by atoms with E-state index in [2.05, 4.69) is 48.3 Å². The normalized spacial score (nSPS) is 12.0. The molecule has 0 fully saturated rings. The third-order valence-electron chi connectivity index (χ3n) is 3.04. The molecular formula is C15H29IN4S. The Morgan fingerprint density at radius 1 is 1.24 bits per heavy atom. The predicted octanol–water partition coefficient (Wildman–Crippen LogP) is 3.87. The van der Waals surface area contributed by atoms with Crippen molar-refractivity contribution in [3.8, 4) is 0 Å². The summed E-state index contributed by atoms with van der Waals surface area (Å²) in [6.45, 7) is 12.7. The second kappa shape index (κ2) is 9.61. The zero-order valence-electron chi connectivity index (χ0n) is 14.0. The summed E-state index contributed by atoms with van der Waals surface area (Å²) >= 11 is 1.74. The summed E-state index contributed by atoms with van der Waals surface area (Å²) in [7, 11) is 1.81. The zero-order chi connectivity index (χ0) is 15.2. The number of rotatable bonds is 5. The van der Waals surface area contributed by atoms with Gasteiger partial charge in [0.2, 0.25) is 0 Å². The van der Waals surface area contributed by atoms with Crippen molar-refractivity contribution in [2.75, 3.05) is 13.6 Å². The van der Waals surface area contributed by atoms with Gasteiger partial charge in [-0.1, -0.05) is 20.8 Å². The number of hydrogen-bond donors (Lipinski definition) is 2. The first kappa shape index (κ1) is 20.6. The van der Waals surface area contributed by atoms with Crippen molar-refractivity contribution in [2.45, 2.75) is 54.0 Å². The lowest BCUT2D eigenvalue weighted by Crippen LogP contribution is -2.37. The van der Waals surface area contributed by atoms with Gasteiger partial charge in [0.05, 0.1) is 17.2 Å². The summed E-state index contributed by atoms with van der Waals surface area (Å²) in [6.07, 6.45) is 2.37. The first-order chi connectivity index (χ1) is 9.31. The molecule has 2 N–H and O–H groups in total. The first-order valence-corrected chi connectivity index (χ1v) is 8.01. The Labute approximate surface area is 150 Å². The molecule has 4 nitrogen and oxygen atoms in total. The summed E-state index contributed by atoms with van der Waals surface area (Å²) in [5, 5.41) is 7.83. The van der Waals surface area contributed by atoms with Gasteiger partial charge in [-0.15, -0.1) is 35.3 Å². The van der Waals surface area contributed by atoms with Crippen molar-refractivity contribution in [3.63, 3.8) is 0 Å². The zero-order valence-corrected chi connectivity index (χ0v) is 17.2. The minimum absolute atomic E-state index is 0. The number of thiazole rings is 1. The molecule has 0 bridgehead atoms. The lowest BCUT2D eigenvalue weighted by atomic mass is 9.91. The van der Waals surface area contributed by atoms with Crippen molar-refractivity contribution in [2.24, 2.45) is 10.4 Å². The predicted molar refractivity (Wildman–Crippen MR) is 104 cm³/mol. The third kappa shape index (κ3) is 8.60. The maximum absolute atomic E-state index is 4.44. The van der Waals surface area contributed by atoms with Crippen molar-refractivity contribution >= 4 is 41.3 Å². The van der Waals surface area contributed by atoms with E-state index in [1.165, 1.54) is 11.3 Å². The Morgan fingerprint density at radius 3 is 2.38 bits per heavy atom. The highest BCUT2D eigenvalue weighted by molar-refractivity contribution is 14.0. The fourth-order valence-corrected chi connectivity index (χ4v) is 2.82. The molecule has 122 valence electrons. The Bertz CT molecular complexity index is 449. The molecule has 21 heavy (non-hydrogen) atoms. The van der Waals surface area contributed by atoms with Crippen molar-refractivity contribution in [3.05, 3.63) is 15.6 Å². The molecule has 0 saturated heterocycles. The molecule has 0 aliphatic heterocycles. The van der Waals surface area contributed by atoms with E-state index in [0.717, 1.165) is 36.2 Å².